The van der Waals surface area contributed by atoms with E-state index in [2.05, 4.69) is 35.1 Å². The number of rotatable bonds is 18. The summed E-state index contributed by atoms with van der Waals surface area (Å²) < 4.78 is 6.25. The third kappa shape index (κ3) is 9.48. The van der Waals surface area contributed by atoms with Crippen LogP contribution < -0.4 is 10.5 Å². The van der Waals surface area contributed by atoms with E-state index in [4.69, 9.17) is 10.5 Å². The van der Waals surface area contributed by atoms with Gasteiger partial charge >= 0.3 is 0 Å². The first-order valence-electron chi connectivity index (χ1n) is 16.6. The summed E-state index contributed by atoms with van der Waals surface area (Å²) in [6, 6.07) is 13.8. The number of nitrogens with two attached hydrogens (primary N) is 1. The SMILES string of the molecule is CCCCCCCC(O)CC(O)CCc1ccc(O)c(OCCC(c2ccnc(N)c2)C2(c3ccc[nH]3)CCCCC2)c1. The molecule has 6 N–H and O–H groups in total. The molecule has 3 aromatic rings. The van der Waals surface area contributed by atoms with Crippen molar-refractivity contribution in [1.29, 1.82) is 0 Å². The zero-order valence-corrected chi connectivity index (χ0v) is 26.0. The number of benzene rings is 1. The minimum absolute atomic E-state index is 0.0427. The molecule has 7 nitrogen and oxygen atoms in total. The number of ether oxygens (including phenoxy) is 1. The average Bonchev–Trinajstić information content (AvgIpc) is 3.56. The number of anilines is 1. The Morgan fingerprint density at radius 3 is 2.49 bits per heavy atom. The van der Waals surface area contributed by atoms with Gasteiger partial charge in [-0.15, -0.1) is 0 Å². The van der Waals surface area contributed by atoms with Gasteiger partial charge in [0.2, 0.25) is 0 Å². The predicted octanol–water partition coefficient (Wildman–Crippen LogP) is 7.56. The molecule has 0 saturated heterocycles. The van der Waals surface area contributed by atoms with Gasteiger partial charge in [0.25, 0.3) is 0 Å². The largest absolute Gasteiger partial charge is 0.504 e. The molecule has 43 heavy (non-hydrogen) atoms. The van der Waals surface area contributed by atoms with Gasteiger partial charge in [-0.05, 0) is 98.4 Å². The molecule has 2 aromatic heterocycles. The number of aromatic hydroxyl groups is 1. The number of unbranched alkanes of at least 4 members (excludes halogenated alkanes) is 4. The van der Waals surface area contributed by atoms with Crippen LogP contribution in [0.4, 0.5) is 5.82 Å². The number of hydrogen-bond acceptors (Lipinski definition) is 6. The van der Waals surface area contributed by atoms with E-state index >= 15 is 0 Å². The van der Waals surface area contributed by atoms with Gasteiger partial charge < -0.3 is 30.8 Å². The van der Waals surface area contributed by atoms with E-state index in [0.29, 0.717) is 37.4 Å². The fourth-order valence-corrected chi connectivity index (χ4v) is 7.06. The van der Waals surface area contributed by atoms with Crippen LogP contribution in [-0.2, 0) is 11.8 Å². The number of H-pyrrole nitrogens is 1. The van der Waals surface area contributed by atoms with Crippen LogP contribution in [-0.4, -0.2) is 44.1 Å². The fraction of sp³-hybridized carbons (Fsp3) is 0.583. The molecule has 3 unspecified atom stereocenters. The van der Waals surface area contributed by atoms with E-state index in [9.17, 15) is 15.3 Å². The predicted molar refractivity (Wildman–Crippen MR) is 173 cm³/mol. The monoisotopic (exact) mass is 591 g/mol. The molecule has 236 valence electrons. The van der Waals surface area contributed by atoms with Gasteiger partial charge in [-0.25, -0.2) is 4.98 Å². The molecule has 7 heteroatoms. The van der Waals surface area contributed by atoms with Crippen molar-refractivity contribution in [3.8, 4) is 11.5 Å². The highest BCUT2D eigenvalue weighted by molar-refractivity contribution is 5.42. The summed E-state index contributed by atoms with van der Waals surface area (Å²) in [5, 5.41) is 31.5. The number of phenolic OH excluding ortho intramolecular Hbond substituents is 1. The molecule has 1 aliphatic rings. The third-order valence-corrected chi connectivity index (χ3v) is 9.39. The Kier molecular flexibility index (Phi) is 12.8. The number of aromatic nitrogens is 2. The lowest BCUT2D eigenvalue weighted by atomic mass is 9.61. The Hall–Kier alpha value is -3.03. The second-order valence-electron chi connectivity index (χ2n) is 12.6. The second kappa shape index (κ2) is 16.7. The maximum absolute atomic E-state index is 10.6. The minimum atomic E-state index is -0.558. The lowest BCUT2D eigenvalue weighted by Gasteiger charge is -2.44. The summed E-state index contributed by atoms with van der Waals surface area (Å²) in [6.45, 7) is 2.64. The molecule has 1 aliphatic carbocycles. The molecular weight excluding hydrogens is 538 g/mol. The number of phenols is 1. The maximum atomic E-state index is 10.6. The molecule has 4 rings (SSSR count). The first-order chi connectivity index (χ1) is 20.9. The summed E-state index contributed by atoms with van der Waals surface area (Å²) in [4.78, 5) is 7.77. The molecule has 1 saturated carbocycles. The van der Waals surface area contributed by atoms with Crippen LogP contribution in [0.25, 0.3) is 0 Å². The number of aromatic amines is 1. The van der Waals surface area contributed by atoms with Crippen LogP contribution >= 0.6 is 0 Å². The van der Waals surface area contributed by atoms with Crippen LogP contribution in [0.3, 0.4) is 0 Å². The molecule has 0 aliphatic heterocycles. The third-order valence-electron chi connectivity index (χ3n) is 9.39. The zero-order valence-electron chi connectivity index (χ0n) is 26.0. The summed E-state index contributed by atoms with van der Waals surface area (Å²) in [7, 11) is 0. The Bertz CT molecular complexity index is 1210. The number of hydrogen-bond donors (Lipinski definition) is 5. The van der Waals surface area contributed by atoms with Crippen molar-refractivity contribution in [2.45, 2.75) is 127 Å². The van der Waals surface area contributed by atoms with Crippen molar-refractivity contribution in [3.05, 3.63) is 71.7 Å². The molecule has 1 fully saturated rings. The maximum Gasteiger partial charge on any atom is 0.161 e. The standard InChI is InChI=1S/C36H53N3O4/c1-2-3-4-5-7-11-29(40)26-30(41)15-13-27-14-16-32(42)33(24-27)43-23-18-31(28-17-22-39-35(37)25-28)36(19-8-6-9-20-36)34-12-10-21-38-34/h10,12,14,16-17,21-22,24-25,29-31,38,40-42H,2-9,11,13,15,18-20,23,26H2,1H3,(H2,37,39). The summed E-state index contributed by atoms with van der Waals surface area (Å²) in [5.41, 5.74) is 9.53. The van der Waals surface area contributed by atoms with Crippen molar-refractivity contribution in [2.75, 3.05) is 12.3 Å². The number of nitrogen functional groups attached to an aromatic ring is 1. The lowest BCUT2D eigenvalue weighted by Crippen LogP contribution is -2.37. The molecule has 0 amide bonds. The van der Waals surface area contributed by atoms with Gasteiger partial charge in [0.05, 0.1) is 18.8 Å². The van der Waals surface area contributed by atoms with E-state index in [1.165, 1.54) is 49.8 Å². The van der Waals surface area contributed by atoms with E-state index in [-0.39, 0.29) is 17.1 Å². The van der Waals surface area contributed by atoms with Gasteiger partial charge in [0.15, 0.2) is 11.5 Å². The minimum Gasteiger partial charge on any atom is -0.504 e. The number of nitrogens with one attached hydrogen (secondary N) is 1. The van der Waals surface area contributed by atoms with E-state index in [1.807, 2.05) is 24.4 Å². The molecule has 0 radical (unpaired) electrons. The number of aryl methyl sites for hydroxylation is 1. The van der Waals surface area contributed by atoms with Gasteiger partial charge in [-0.2, -0.15) is 0 Å². The first-order valence-corrected chi connectivity index (χ1v) is 16.6. The highest BCUT2D eigenvalue weighted by Crippen LogP contribution is 2.50. The summed E-state index contributed by atoms with van der Waals surface area (Å²) in [6.07, 6.45) is 17.5. The van der Waals surface area contributed by atoms with Gasteiger partial charge in [-0.1, -0.05) is 64.4 Å². The Labute approximate surface area is 257 Å². The van der Waals surface area contributed by atoms with Gasteiger partial charge in [0.1, 0.15) is 5.82 Å². The van der Waals surface area contributed by atoms with E-state index in [1.54, 1.807) is 12.3 Å². The quantitative estimate of drug-likeness (QED) is 0.0973. The smallest absolute Gasteiger partial charge is 0.161 e. The molecule has 3 atom stereocenters. The van der Waals surface area contributed by atoms with Crippen molar-refractivity contribution in [3.63, 3.8) is 0 Å². The van der Waals surface area contributed by atoms with Gasteiger partial charge in [-0.3, -0.25) is 0 Å². The summed E-state index contributed by atoms with van der Waals surface area (Å²) in [5.74, 6) is 1.28. The van der Waals surface area contributed by atoms with Crippen LogP contribution in [0.15, 0.2) is 54.9 Å². The van der Waals surface area contributed by atoms with Crippen LogP contribution in [0, 0.1) is 0 Å². The zero-order chi connectivity index (χ0) is 30.5. The van der Waals surface area contributed by atoms with Crippen molar-refractivity contribution in [2.24, 2.45) is 0 Å². The average molecular weight is 592 g/mol. The van der Waals surface area contributed by atoms with Crippen LogP contribution in [0.2, 0.25) is 0 Å². The molecule has 0 spiro atoms. The number of aliphatic hydroxyl groups is 2. The highest BCUT2D eigenvalue weighted by Gasteiger charge is 2.42. The molecule has 2 heterocycles. The van der Waals surface area contributed by atoms with Crippen molar-refractivity contribution < 1.29 is 20.1 Å². The normalized spacial score (nSPS) is 16.9. The van der Waals surface area contributed by atoms with Crippen LogP contribution in [0.5, 0.6) is 11.5 Å². The van der Waals surface area contributed by atoms with Crippen LogP contribution in [0.1, 0.15) is 120 Å². The number of aliphatic hydroxyl groups excluding tert-OH is 2. The van der Waals surface area contributed by atoms with Crippen molar-refractivity contribution in [1.82, 2.24) is 9.97 Å². The first kappa shape index (κ1) is 32.9. The van der Waals surface area contributed by atoms with Crippen molar-refractivity contribution >= 4 is 5.82 Å². The van der Waals surface area contributed by atoms with E-state index in [0.717, 1.165) is 44.1 Å². The topological polar surface area (TPSA) is 125 Å². The van der Waals surface area contributed by atoms with E-state index < -0.39 is 12.2 Å². The summed E-state index contributed by atoms with van der Waals surface area (Å²) >= 11 is 0. The Morgan fingerprint density at radius 2 is 1.74 bits per heavy atom. The number of pyridine rings is 1. The highest BCUT2D eigenvalue weighted by atomic mass is 16.5. The molecular formula is C36H53N3O4. The molecule has 0 bridgehead atoms. The Morgan fingerprint density at radius 1 is 0.953 bits per heavy atom. The molecule has 1 aromatic carbocycles. The fourth-order valence-electron chi connectivity index (χ4n) is 7.06. The Balaban J connectivity index is 1.37. The second-order valence-corrected chi connectivity index (χ2v) is 12.6. The van der Waals surface area contributed by atoms with Gasteiger partial charge in [0, 0.05) is 23.5 Å². The lowest BCUT2D eigenvalue weighted by molar-refractivity contribution is 0.0697. The number of nitrogens with zero attached hydrogens (tertiary/aromatic N) is 1.